The zero-order chi connectivity index (χ0) is 27.5. The molecule has 0 aliphatic carbocycles. The third-order valence-corrected chi connectivity index (χ3v) is 7.40. The Bertz CT molecular complexity index is 1660. The van der Waals surface area contributed by atoms with Crippen LogP contribution in [0.1, 0.15) is 36.9 Å². The molecule has 0 radical (unpaired) electrons. The van der Waals surface area contributed by atoms with Gasteiger partial charge < -0.3 is 15.0 Å². The Morgan fingerprint density at radius 3 is 2.55 bits per heavy atom. The van der Waals surface area contributed by atoms with Gasteiger partial charge in [-0.2, -0.15) is 10.1 Å². The average molecular weight is 537 g/mol. The largest absolute Gasteiger partial charge is 0.488 e. The first-order chi connectivity index (χ1) is 19.6. The van der Waals surface area contributed by atoms with E-state index in [1.54, 1.807) is 40.1 Å². The molecule has 0 spiro atoms. The monoisotopic (exact) mass is 536 g/mol. The van der Waals surface area contributed by atoms with E-state index in [0.29, 0.717) is 29.5 Å². The summed E-state index contributed by atoms with van der Waals surface area (Å²) in [7, 11) is 2.18. The number of anilines is 2. The standard InChI is InChI=1S/C30H32N8O2/c1-3-40-27-18-23-19-32-30(34-24-6-4-21(5-7-24)22-11-16-36(2)17-12-22)35-28(23)37(29(27)39)20-26-10-15-33-38(26)25-8-13-31-14-9-25/h4-10,13-15,18-19,22H,3,11-12,16-17,20H2,1-2H3,(H,32,34,35). The van der Waals surface area contributed by atoms with Crippen molar-refractivity contribution in [1.82, 2.24) is 34.2 Å². The number of rotatable bonds is 8. The summed E-state index contributed by atoms with van der Waals surface area (Å²) in [5, 5.41) is 8.49. The fourth-order valence-corrected chi connectivity index (χ4v) is 5.24. The van der Waals surface area contributed by atoms with Crippen LogP contribution in [0.4, 0.5) is 11.6 Å². The van der Waals surface area contributed by atoms with Gasteiger partial charge in [-0.3, -0.25) is 14.3 Å². The number of benzene rings is 1. The molecule has 1 fully saturated rings. The van der Waals surface area contributed by atoms with E-state index < -0.39 is 0 Å². The number of ether oxygens (including phenoxy) is 1. The van der Waals surface area contributed by atoms with Gasteiger partial charge in [-0.15, -0.1) is 0 Å². The lowest BCUT2D eigenvalue weighted by atomic mass is 9.89. The molecule has 10 nitrogen and oxygen atoms in total. The van der Waals surface area contributed by atoms with Crippen molar-refractivity contribution in [3.8, 4) is 11.4 Å². The Morgan fingerprint density at radius 1 is 1.02 bits per heavy atom. The fraction of sp³-hybridized carbons (Fsp3) is 0.300. The first-order valence-corrected chi connectivity index (χ1v) is 13.6. The Kier molecular flexibility index (Phi) is 7.24. The van der Waals surface area contributed by atoms with Crippen molar-refractivity contribution in [3.05, 3.63) is 94.9 Å². The van der Waals surface area contributed by atoms with Crippen molar-refractivity contribution in [3.63, 3.8) is 0 Å². The smallest absolute Gasteiger partial charge is 0.294 e. The molecule has 1 aromatic carbocycles. The Balaban J connectivity index is 1.32. The molecule has 0 amide bonds. The van der Waals surface area contributed by atoms with Gasteiger partial charge in [0.25, 0.3) is 5.56 Å². The predicted octanol–water partition coefficient (Wildman–Crippen LogP) is 4.37. The van der Waals surface area contributed by atoms with Gasteiger partial charge in [-0.05, 0) is 87.8 Å². The molecule has 0 unspecified atom stereocenters. The van der Waals surface area contributed by atoms with E-state index in [-0.39, 0.29) is 17.9 Å². The van der Waals surface area contributed by atoms with Gasteiger partial charge in [-0.1, -0.05) is 12.1 Å². The van der Waals surface area contributed by atoms with E-state index in [4.69, 9.17) is 9.72 Å². The summed E-state index contributed by atoms with van der Waals surface area (Å²) in [6, 6.07) is 15.8. The molecule has 1 aliphatic rings. The van der Waals surface area contributed by atoms with Crippen LogP contribution >= 0.6 is 0 Å². The zero-order valence-electron chi connectivity index (χ0n) is 22.7. The first kappa shape index (κ1) is 25.7. The normalized spacial score (nSPS) is 14.4. The van der Waals surface area contributed by atoms with Crippen LogP contribution < -0.4 is 15.6 Å². The maximum atomic E-state index is 13.5. The van der Waals surface area contributed by atoms with Crippen molar-refractivity contribution in [2.45, 2.75) is 32.2 Å². The molecule has 1 saturated heterocycles. The Labute approximate surface area is 232 Å². The third-order valence-electron chi connectivity index (χ3n) is 7.40. The van der Waals surface area contributed by atoms with Gasteiger partial charge in [0, 0.05) is 35.9 Å². The molecule has 4 aromatic heterocycles. The van der Waals surface area contributed by atoms with Gasteiger partial charge in [0.1, 0.15) is 5.65 Å². The molecule has 1 aliphatic heterocycles. The lowest BCUT2D eigenvalue weighted by Crippen LogP contribution is -2.29. The SMILES string of the molecule is CCOc1cc2cnc(Nc3ccc(C4CCN(C)CC4)cc3)nc2n(Cc2ccnn2-c2ccncc2)c1=O. The molecule has 1 N–H and O–H groups in total. The molecule has 10 heteroatoms. The number of hydrogen-bond donors (Lipinski definition) is 1. The van der Waals surface area contributed by atoms with E-state index in [9.17, 15) is 4.79 Å². The van der Waals surface area contributed by atoms with Crippen molar-refractivity contribution < 1.29 is 4.74 Å². The molecular weight excluding hydrogens is 504 g/mol. The molecule has 40 heavy (non-hydrogen) atoms. The Morgan fingerprint density at radius 2 is 1.80 bits per heavy atom. The van der Waals surface area contributed by atoms with E-state index in [2.05, 4.69) is 56.6 Å². The van der Waals surface area contributed by atoms with Crippen molar-refractivity contribution in [2.24, 2.45) is 0 Å². The molecule has 5 aromatic rings. The van der Waals surface area contributed by atoms with Gasteiger partial charge in [0.15, 0.2) is 5.75 Å². The lowest BCUT2D eigenvalue weighted by Gasteiger charge is -2.29. The number of aromatic nitrogens is 6. The number of likely N-dealkylation sites (tertiary alicyclic amines) is 1. The van der Waals surface area contributed by atoms with Crippen molar-refractivity contribution >= 4 is 22.7 Å². The predicted molar refractivity (Wildman–Crippen MR) is 155 cm³/mol. The maximum absolute atomic E-state index is 13.5. The fourth-order valence-electron chi connectivity index (χ4n) is 5.24. The number of fused-ring (bicyclic) bond motifs is 1. The summed E-state index contributed by atoms with van der Waals surface area (Å²) in [4.78, 5) is 29.3. The van der Waals surface area contributed by atoms with E-state index in [1.807, 2.05) is 25.1 Å². The number of nitrogens with zero attached hydrogens (tertiary/aromatic N) is 7. The highest BCUT2D eigenvalue weighted by atomic mass is 16.5. The summed E-state index contributed by atoms with van der Waals surface area (Å²) in [6.07, 6.45) is 9.21. The first-order valence-electron chi connectivity index (χ1n) is 13.6. The maximum Gasteiger partial charge on any atom is 0.294 e. The second-order valence-corrected chi connectivity index (χ2v) is 10.1. The summed E-state index contributed by atoms with van der Waals surface area (Å²) in [5.41, 5.74) is 4.18. The average Bonchev–Trinajstić information content (AvgIpc) is 3.45. The van der Waals surface area contributed by atoms with Crippen molar-refractivity contribution in [2.75, 3.05) is 32.1 Å². The second kappa shape index (κ2) is 11.3. The van der Waals surface area contributed by atoms with Crippen LogP contribution in [0.5, 0.6) is 5.75 Å². The number of piperidine rings is 1. The summed E-state index contributed by atoms with van der Waals surface area (Å²) in [6.45, 7) is 4.75. The van der Waals surface area contributed by atoms with E-state index in [1.165, 1.54) is 18.4 Å². The highest BCUT2D eigenvalue weighted by Crippen LogP contribution is 2.29. The Hall–Kier alpha value is -4.57. The van der Waals surface area contributed by atoms with E-state index >= 15 is 0 Å². The zero-order valence-corrected chi connectivity index (χ0v) is 22.7. The lowest BCUT2D eigenvalue weighted by molar-refractivity contribution is 0.255. The van der Waals surface area contributed by atoms with Crippen LogP contribution in [-0.2, 0) is 6.54 Å². The summed E-state index contributed by atoms with van der Waals surface area (Å²) >= 11 is 0. The minimum Gasteiger partial charge on any atom is -0.488 e. The minimum atomic E-state index is -0.260. The van der Waals surface area contributed by atoms with Gasteiger partial charge in [0.05, 0.1) is 24.5 Å². The van der Waals surface area contributed by atoms with Crippen LogP contribution in [-0.4, -0.2) is 60.9 Å². The van der Waals surface area contributed by atoms with Crippen LogP contribution in [0.25, 0.3) is 16.7 Å². The molecule has 6 rings (SSSR count). The summed E-state index contributed by atoms with van der Waals surface area (Å²) < 4.78 is 9.08. The molecule has 0 bridgehead atoms. The highest BCUT2D eigenvalue weighted by molar-refractivity contribution is 5.77. The number of pyridine rings is 2. The van der Waals surface area contributed by atoms with E-state index in [0.717, 1.165) is 30.2 Å². The van der Waals surface area contributed by atoms with Crippen LogP contribution in [0.15, 0.2) is 78.1 Å². The molecule has 204 valence electrons. The van der Waals surface area contributed by atoms with Crippen molar-refractivity contribution in [1.29, 1.82) is 0 Å². The number of hydrogen-bond acceptors (Lipinski definition) is 8. The van der Waals surface area contributed by atoms with Crippen LogP contribution in [0.2, 0.25) is 0 Å². The minimum absolute atomic E-state index is 0.250. The van der Waals surface area contributed by atoms with Gasteiger partial charge in [-0.25, -0.2) is 9.67 Å². The third kappa shape index (κ3) is 5.30. The van der Waals surface area contributed by atoms with Gasteiger partial charge in [0.2, 0.25) is 5.95 Å². The second-order valence-electron chi connectivity index (χ2n) is 10.1. The van der Waals surface area contributed by atoms with Crippen LogP contribution in [0, 0.1) is 0 Å². The summed E-state index contributed by atoms with van der Waals surface area (Å²) in [5.74, 6) is 1.27. The highest BCUT2D eigenvalue weighted by Gasteiger charge is 2.19. The topological polar surface area (TPSA) is 103 Å². The van der Waals surface area contributed by atoms with Crippen LogP contribution in [0.3, 0.4) is 0 Å². The molecule has 0 atom stereocenters. The molecule has 5 heterocycles. The molecular formula is C30H32N8O2. The van der Waals surface area contributed by atoms with Gasteiger partial charge >= 0.3 is 0 Å². The quantitative estimate of drug-likeness (QED) is 0.312. The number of nitrogens with one attached hydrogen (secondary N) is 1. The molecule has 0 saturated carbocycles.